The molecule has 0 radical (unpaired) electrons. The van der Waals surface area contributed by atoms with Crippen LogP contribution in [0, 0.1) is 5.82 Å². The fourth-order valence-electron chi connectivity index (χ4n) is 1.68. The summed E-state index contributed by atoms with van der Waals surface area (Å²) in [7, 11) is 1.74. The van der Waals surface area contributed by atoms with E-state index in [1.54, 1.807) is 23.7 Å². The van der Waals surface area contributed by atoms with Gasteiger partial charge in [-0.2, -0.15) is 0 Å². The third-order valence-electron chi connectivity index (χ3n) is 2.49. The zero-order valence-corrected chi connectivity index (χ0v) is 11.1. The van der Waals surface area contributed by atoms with Crippen LogP contribution in [0.3, 0.4) is 0 Å². The van der Waals surface area contributed by atoms with E-state index in [-0.39, 0.29) is 12.2 Å². The van der Waals surface area contributed by atoms with E-state index >= 15 is 0 Å². The topological polar surface area (TPSA) is 55.1 Å². The molecule has 1 aromatic carbocycles. The van der Waals surface area contributed by atoms with Crippen LogP contribution < -0.4 is 0 Å². The Kier molecular flexibility index (Phi) is 3.47. The highest BCUT2D eigenvalue weighted by Gasteiger charge is 2.16. The number of carboxylic acid groups (broad SMARTS) is 1. The summed E-state index contributed by atoms with van der Waals surface area (Å²) in [6, 6.07) is 6.02. The Morgan fingerprint density at radius 2 is 2.28 bits per heavy atom. The van der Waals surface area contributed by atoms with Crippen molar-refractivity contribution in [1.29, 1.82) is 0 Å². The lowest BCUT2D eigenvalue weighted by molar-refractivity contribution is -0.136. The van der Waals surface area contributed by atoms with Gasteiger partial charge >= 0.3 is 5.97 Å². The quantitative estimate of drug-likeness (QED) is 0.948. The average molecular weight is 313 g/mol. The van der Waals surface area contributed by atoms with E-state index in [9.17, 15) is 9.18 Å². The van der Waals surface area contributed by atoms with Crippen molar-refractivity contribution in [1.82, 2.24) is 9.55 Å². The Bertz CT molecular complexity index is 610. The molecule has 18 heavy (non-hydrogen) atoms. The van der Waals surface area contributed by atoms with Crippen molar-refractivity contribution in [3.05, 3.63) is 40.4 Å². The molecular formula is C12H10BrFN2O2. The van der Waals surface area contributed by atoms with Crippen molar-refractivity contribution < 1.29 is 14.3 Å². The molecule has 0 amide bonds. The minimum atomic E-state index is -0.959. The number of carbonyl (C=O) groups is 1. The normalized spacial score (nSPS) is 10.6. The Morgan fingerprint density at radius 1 is 1.56 bits per heavy atom. The van der Waals surface area contributed by atoms with Crippen molar-refractivity contribution in [2.75, 3.05) is 0 Å². The summed E-state index contributed by atoms with van der Waals surface area (Å²) in [5.74, 6) is -0.788. The number of carboxylic acids is 1. The number of rotatable bonds is 3. The molecule has 0 aliphatic heterocycles. The van der Waals surface area contributed by atoms with Gasteiger partial charge in [0.05, 0.1) is 12.1 Å². The molecule has 0 unspecified atom stereocenters. The summed E-state index contributed by atoms with van der Waals surface area (Å²) in [5, 5.41) is 8.78. The third kappa shape index (κ3) is 2.43. The number of hydrogen-bond donors (Lipinski definition) is 1. The first kappa shape index (κ1) is 12.8. The van der Waals surface area contributed by atoms with E-state index in [2.05, 4.69) is 20.9 Å². The van der Waals surface area contributed by atoms with Crippen molar-refractivity contribution in [2.45, 2.75) is 6.42 Å². The molecule has 1 heterocycles. The Hall–Kier alpha value is -1.69. The molecule has 2 aromatic rings. The number of aliphatic carboxylic acids is 1. The zero-order chi connectivity index (χ0) is 13.3. The largest absolute Gasteiger partial charge is 0.481 e. The van der Waals surface area contributed by atoms with Crippen LogP contribution in [0.25, 0.3) is 11.4 Å². The van der Waals surface area contributed by atoms with Gasteiger partial charge in [-0.3, -0.25) is 4.79 Å². The Balaban J connectivity index is 2.49. The summed E-state index contributed by atoms with van der Waals surface area (Å²) >= 11 is 3.29. The number of halogens is 2. The van der Waals surface area contributed by atoms with E-state index in [4.69, 9.17) is 5.11 Å². The van der Waals surface area contributed by atoms with E-state index in [0.29, 0.717) is 21.7 Å². The second-order valence-electron chi connectivity index (χ2n) is 3.81. The maximum atomic E-state index is 13.2. The summed E-state index contributed by atoms with van der Waals surface area (Å²) in [4.78, 5) is 14.9. The monoisotopic (exact) mass is 312 g/mol. The minimum absolute atomic E-state index is 0.177. The number of benzene rings is 1. The first-order chi connectivity index (χ1) is 8.49. The van der Waals surface area contributed by atoms with Crippen LogP contribution in [-0.4, -0.2) is 20.6 Å². The van der Waals surface area contributed by atoms with Crippen LogP contribution in [0.4, 0.5) is 4.39 Å². The fraction of sp³-hybridized carbons (Fsp3) is 0.167. The number of imidazole rings is 1. The number of hydrogen-bond acceptors (Lipinski definition) is 2. The first-order valence-corrected chi connectivity index (χ1v) is 5.97. The highest BCUT2D eigenvalue weighted by atomic mass is 79.9. The second kappa shape index (κ2) is 4.89. The molecule has 1 aromatic heterocycles. The van der Waals surface area contributed by atoms with Gasteiger partial charge in [-0.25, -0.2) is 9.37 Å². The lowest BCUT2D eigenvalue weighted by Crippen LogP contribution is -2.01. The predicted molar refractivity (Wildman–Crippen MR) is 67.6 cm³/mol. The zero-order valence-electron chi connectivity index (χ0n) is 9.52. The van der Waals surface area contributed by atoms with Gasteiger partial charge in [-0.05, 0) is 28.1 Å². The van der Waals surface area contributed by atoms with Crippen LogP contribution >= 0.6 is 15.9 Å². The summed E-state index contributed by atoms with van der Waals surface area (Å²) in [6.45, 7) is 0. The molecule has 0 atom stereocenters. The molecule has 4 nitrogen and oxygen atoms in total. The van der Waals surface area contributed by atoms with E-state index in [1.807, 2.05) is 0 Å². The van der Waals surface area contributed by atoms with Gasteiger partial charge in [0.25, 0.3) is 0 Å². The lowest BCUT2D eigenvalue weighted by Gasteiger charge is -2.02. The SMILES string of the molecule is Cn1c(-c2cccc(F)c2)nc(CC(=O)O)c1Br. The van der Waals surface area contributed by atoms with E-state index < -0.39 is 5.97 Å². The summed E-state index contributed by atoms with van der Waals surface area (Å²) in [5.41, 5.74) is 1.03. The minimum Gasteiger partial charge on any atom is -0.481 e. The molecule has 0 spiro atoms. The Morgan fingerprint density at radius 3 is 2.89 bits per heavy atom. The molecule has 0 saturated carbocycles. The smallest absolute Gasteiger partial charge is 0.309 e. The van der Waals surface area contributed by atoms with Crippen LogP contribution in [-0.2, 0) is 18.3 Å². The Labute approximate surface area is 111 Å². The first-order valence-electron chi connectivity index (χ1n) is 5.18. The van der Waals surface area contributed by atoms with Crippen molar-refractivity contribution >= 4 is 21.9 Å². The molecule has 2 rings (SSSR count). The predicted octanol–water partition coefficient (Wildman–Crippen LogP) is 2.62. The van der Waals surface area contributed by atoms with Gasteiger partial charge in [-0.1, -0.05) is 12.1 Å². The maximum absolute atomic E-state index is 13.2. The molecule has 6 heteroatoms. The van der Waals surface area contributed by atoms with E-state index in [0.717, 1.165) is 0 Å². The number of nitrogens with zero attached hydrogens (tertiary/aromatic N) is 2. The molecule has 1 N–H and O–H groups in total. The van der Waals surface area contributed by atoms with Crippen molar-refractivity contribution in [3.8, 4) is 11.4 Å². The van der Waals surface area contributed by atoms with Crippen LogP contribution in [0.15, 0.2) is 28.9 Å². The average Bonchev–Trinajstić information content (AvgIpc) is 2.57. The molecule has 0 fully saturated rings. The van der Waals surface area contributed by atoms with E-state index in [1.165, 1.54) is 12.1 Å². The molecular weight excluding hydrogens is 303 g/mol. The van der Waals surface area contributed by atoms with Gasteiger partial charge in [-0.15, -0.1) is 0 Å². The lowest BCUT2D eigenvalue weighted by atomic mass is 10.2. The standard InChI is InChI=1S/C12H10BrFN2O2/c1-16-11(13)9(6-10(17)18)15-12(16)7-3-2-4-8(14)5-7/h2-5H,6H2,1H3,(H,17,18). The van der Waals surface area contributed by atoms with Crippen LogP contribution in [0.2, 0.25) is 0 Å². The van der Waals surface area contributed by atoms with Gasteiger partial charge in [0.2, 0.25) is 0 Å². The van der Waals surface area contributed by atoms with Gasteiger partial charge in [0.1, 0.15) is 16.2 Å². The highest BCUT2D eigenvalue weighted by Crippen LogP contribution is 2.25. The summed E-state index contributed by atoms with van der Waals surface area (Å²) in [6.07, 6.45) is -0.177. The highest BCUT2D eigenvalue weighted by molar-refractivity contribution is 9.10. The molecule has 0 bridgehead atoms. The van der Waals surface area contributed by atoms with Gasteiger partial charge in [0.15, 0.2) is 0 Å². The second-order valence-corrected chi connectivity index (χ2v) is 4.56. The maximum Gasteiger partial charge on any atom is 0.309 e. The molecule has 0 aliphatic carbocycles. The van der Waals surface area contributed by atoms with Crippen LogP contribution in [0.1, 0.15) is 5.69 Å². The number of aromatic nitrogens is 2. The van der Waals surface area contributed by atoms with Crippen LogP contribution in [0.5, 0.6) is 0 Å². The summed E-state index contributed by atoms with van der Waals surface area (Å²) < 4.78 is 15.4. The molecule has 0 saturated heterocycles. The van der Waals surface area contributed by atoms with Gasteiger partial charge in [0, 0.05) is 12.6 Å². The van der Waals surface area contributed by atoms with Crippen molar-refractivity contribution in [2.24, 2.45) is 7.05 Å². The molecule has 0 aliphatic rings. The van der Waals surface area contributed by atoms with Gasteiger partial charge < -0.3 is 9.67 Å². The molecule has 94 valence electrons. The van der Waals surface area contributed by atoms with Crippen molar-refractivity contribution in [3.63, 3.8) is 0 Å². The fourth-order valence-corrected chi connectivity index (χ4v) is 2.07. The third-order valence-corrected chi connectivity index (χ3v) is 3.48.